The van der Waals surface area contributed by atoms with E-state index in [1.807, 2.05) is 0 Å². The lowest BCUT2D eigenvalue weighted by atomic mass is 9.73. The van der Waals surface area contributed by atoms with Crippen LogP contribution in [0.25, 0.3) is 16.8 Å². The molecule has 0 saturated heterocycles. The fraction of sp³-hybridized carbons (Fsp3) is 0. The van der Waals surface area contributed by atoms with Crippen LogP contribution >= 0.6 is 15.9 Å². The van der Waals surface area contributed by atoms with Gasteiger partial charge in [0, 0.05) is 21.2 Å². The second-order valence-corrected chi connectivity index (χ2v) is 6.30. The van der Waals surface area contributed by atoms with Gasteiger partial charge in [0.15, 0.2) is 0 Å². The van der Waals surface area contributed by atoms with Crippen molar-refractivity contribution in [2.24, 2.45) is 0 Å². The molecule has 3 aromatic rings. The highest BCUT2D eigenvalue weighted by atomic mass is 79.9. The minimum absolute atomic E-state index is 0.0872. The number of nitrogens with one attached hydrogen (secondary N) is 2. The quantitative estimate of drug-likeness (QED) is 0.623. The van der Waals surface area contributed by atoms with Crippen molar-refractivity contribution in [1.29, 1.82) is 0 Å². The van der Waals surface area contributed by atoms with Gasteiger partial charge in [-0.3, -0.25) is 0 Å². The molecule has 0 aromatic heterocycles. The SMILES string of the molecule is Brc1ccc(/C=C/B2Nc3cccc4cccc(c34)N2)cc1. The van der Waals surface area contributed by atoms with Gasteiger partial charge in [0.1, 0.15) is 0 Å². The van der Waals surface area contributed by atoms with Gasteiger partial charge < -0.3 is 10.5 Å². The molecule has 1 aliphatic rings. The summed E-state index contributed by atoms with van der Waals surface area (Å²) >= 11 is 3.46. The topological polar surface area (TPSA) is 24.1 Å². The zero-order valence-corrected chi connectivity index (χ0v) is 13.5. The number of rotatable bonds is 2. The van der Waals surface area contributed by atoms with Crippen molar-refractivity contribution in [3.05, 3.63) is 76.7 Å². The first kappa shape index (κ1) is 13.5. The summed E-state index contributed by atoms with van der Waals surface area (Å²) in [7, 11) is 0. The number of hydrogen-bond donors (Lipinski definition) is 2. The van der Waals surface area contributed by atoms with Crippen LogP contribution in [-0.4, -0.2) is 6.98 Å². The van der Waals surface area contributed by atoms with E-state index in [4.69, 9.17) is 0 Å². The maximum atomic E-state index is 3.54. The van der Waals surface area contributed by atoms with E-state index in [2.05, 4.69) is 99.1 Å². The summed E-state index contributed by atoms with van der Waals surface area (Å²) in [5.74, 6) is 2.15. The summed E-state index contributed by atoms with van der Waals surface area (Å²) in [6, 6.07) is 21.0. The van der Waals surface area contributed by atoms with Crippen molar-refractivity contribution < 1.29 is 0 Å². The lowest BCUT2D eigenvalue weighted by molar-refractivity contribution is 1.60. The minimum Gasteiger partial charge on any atom is -0.405 e. The Hall–Kier alpha value is -2.20. The third kappa shape index (κ3) is 2.50. The van der Waals surface area contributed by atoms with Crippen molar-refractivity contribution in [2.75, 3.05) is 10.5 Å². The molecule has 0 unspecified atom stereocenters. The fourth-order valence-corrected chi connectivity index (χ4v) is 3.09. The number of anilines is 2. The van der Waals surface area contributed by atoms with E-state index >= 15 is 0 Å². The smallest absolute Gasteiger partial charge is 0.398 e. The van der Waals surface area contributed by atoms with Crippen molar-refractivity contribution in [2.45, 2.75) is 0 Å². The summed E-state index contributed by atoms with van der Waals surface area (Å²) in [6.07, 6.45) is 2.13. The van der Waals surface area contributed by atoms with Crippen molar-refractivity contribution in [1.82, 2.24) is 0 Å². The molecule has 1 heterocycles. The summed E-state index contributed by atoms with van der Waals surface area (Å²) in [6.45, 7) is 0.0872. The van der Waals surface area contributed by atoms with E-state index in [1.165, 1.54) is 27.7 Å². The zero-order chi connectivity index (χ0) is 14.9. The number of halogens is 1. The summed E-state index contributed by atoms with van der Waals surface area (Å²) in [5.41, 5.74) is 3.54. The molecule has 0 fully saturated rings. The Morgan fingerprint density at radius 2 is 1.45 bits per heavy atom. The molecule has 4 rings (SSSR count). The molecule has 0 aliphatic carbocycles. The normalized spacial score (nSPS) is 13.2. The van der Waals surface area contributed by atoms with Crippen LogP contribution in [0.1, 0.15) is 5.56 Å². The molecule has 2 nitrogen and oxygen atoms in total. The van der Waals surface area contributed by atoms with Crippen LogP contribution in [0.15, 0.2) is 71.1 Å². The fourth-order valence-electron chi connectivity index (χ4n) is 2.83. The molecule has 0 spiro atoms. The highest BCUT2D eigenvalue weighted by Crippen LogP contribution is 2.34. The molecule has 0 bridgehead atoms. The molecule has 0 amide bonds. The van der Waals surface area contributed by atoms with Gasteiger partial charge in [0.05, 0.1) is 0 Å². The molecule has 4 heteroatoms. The van der Waals surface area contributed by atoms with Gasteiger partial charge in [-0.25, -0.2) is 0 Å². The second kappa shape index (κ2) is 5.54. The zero-order valence-electron chi connectivity index (χ0n) is 11.9. The van der Waals surface area contributed by atoms with Crippen LogP contribution in [0.4, 0.5) is 11.4 Å². The molecule has 0 atom stereocenters. The second-order valence-electron chi connectivity index (χ2n) is 5.39. The summed E-state index contributed by atoms with van der Waals surface area (Å²) < 4.78 is 1.10. The Labute approximate surface area is 138 Å². The lowest BCUT2D eigenvalue weighted by Crippen LogP contribution is -2.35. The first-order valence-electron chi connectivity index (χ1n) is 7.28. The van der Waals surface area contributed by atoms with Crippen LogP contribution in [0.2, 0.25) is 0 Å². The third-order valence-electron chi connectivity index (χ3n) is 3.88. The number of benzene rings is 3. The molecule has 106 valence electrons. The standard InChI is InChI=1S/C18H14BBrN2/c20-15-9-7-13(8-10-15)11-12-19-21-16-5-1-3-14-4-2-6-17(22-19)18(14)16/h1-12,21-22H/b12-11+. The lowest BCUT2D eigenvalue weighted by Gasteiger charge is -2.24. The van der Waals surface area contributed by atoms with E-state index in [-0.39, 0.29) is 6.98 Å². The van der Waals surface area contributed by atoms with Gasteiger partial charge in [-0.2, -0.15) is 0 Å². The molecule has 1 aliphatic heterocycles. The van der Waals surface area contributed by atoms with Gasteiger partial charge in [-0.15, -0.1) is 0 Å². The summed E-state index contributed by atoms with van der Waals surface area (Å²) in [5, 5.41) is 9.59. The predicted molar refractivity (Wildman–Crippen MR) is 100 cm³/mol. The Balaban J connectivity index is 1.63. The monoisotopic (exact) mass is 348 g/mol. The van der Waals surface area contributed by atoms with Gasteiger partial charge in [-0.1, -0.05) is 64.4 Å². The first-order chi connectivity index (χ1) is 10.8. The molecular weight excluding hydrogens is 335 g/mol. The van der Waals surface area contributed by atoms with Crippen molar-refractivity contribution >= 4 is 51.1 Å². The molecular formula is C18H14BBrN2. The third-order valence-corrected chi connectivity index (χ3v) is 4.41. The Morgan fingerprint density at radius 3 is 2.09 bits per heavy atom. The van der Waals surface area contributed by atoms with Crippen LogP contribution < -0.4 is 10.5 Å². The van der Waals surface area contributed by atoms with Crippen LogP contribution in [0, 0.1) is 0 Å². The van der Waals surface area contributed by atoms with Crippen LogP contribution in [0.5, 0.6) is 0 Å². The van der Waals surface area contributed by atoms with Crippen LogP contribution in [0.3, 0.4) is 0 Å². The van der Waals surface area contributed by atoms with E-state index in [1.54, 1.807) is 0 Å². The average Bonchev–Trinajstić information content (AvgIpc) is 2.55. The van der Waals surface area contributed by atoms with Crippen LogP contribution in [-0.2, 0) is 0 Å². The molecule has 2 N–H and O–H groups in total. The molecule has 0 radical (unpaired) electrons. The predicted octanol–water partition coefficient (Wildman–Crippen LogP) is 5.18. The number of hydrogen-bond acceptors (Lipinski definition) is 2. The average molecular weight is 349 g/mol. The summed E-state index contributed by atoms with van der Waals surface area (Å²) in [4.78, 5) is 0. The molecule has 0 saturated carbocycles. The maximum absolute atomic E-state index is 3.54. The molecule has 3 aromatic carbocycles. The van der Waals surface area contributed by atoms with E-state index in [0.717, 1.165) is 4.47 Å². The van der Waals surface area contributed by atoms with Gasteiger partial charge >= 0.3 is 6.98 Å². The van der Waals surface area contributed by atoms with E-state index in [9.17, 15) is 0 Å². The van der Waals surface area contributed by atoms with Gasteiger partial charge in [0.2, 0.25) is 0 Å². The minimum atomic E-state index is 0.0872. The van der Waals surface area contributed by atoms with Crippen molar-refractivity contribution in [3.8, 4) is 0 Å². The highest BCUT2D eigenvalue weighted by molar-refractivity contribution is 9.10. The Bertz CT molecular complexity index is 818. The first-order valence-corrected chi connectivity index (χ1v) is 8.07. The van der Waals surface area contributed by atoms with E-state index in [0.29, 0.717) is 0 Å². The Kier molecular flexibility index (Phi) is 3.39. The maximum Gasteiger partial charge on any atom is 0.398 e. The molecule has 22 heavy (non-hydrogen) atoms. The van der Waals surface area contributed by atoms with Gasteiger partial charge in [-0.05, 0) is 35.2 Å². The highest BCUT2D eigenvalue weighted by Gasteiger charge is 2.20. The van der Waals surface area contributed by atoms with Gasteiger partial charge in [0.25, 0.3) is 0 Å². The van der Waals surface area contributed by atoms with E-state index < -0.39 is 0 Å². The largest absolute Gasteiger partial charge is 0.405 e. The Morgan fingerprint density at radius 1 is 0.818 bits per heavy atom. The van der Waals surface area contributed by atoms with Crippen molar-refractivity contribution in [3.63, 3.8) is 0 Å².